The van der Waals surface area contributed by atoms with Crippen LogP contribution in [-0.4, -0.2) is 45.4 Å². The molecule has 0 aliphatic carbocycles. The third kappa shape index (κ3) is 4.18. The summed E-state index contributed by atoms with van der Waals surface area (Å²) in [6.45, 7) is 0.972. The standard InChI is InChI=1S/C22H23N5O3/c28-19(12-14-13-25-18-9-4-3-6-15(14)18)22(30)24-11-5-10-23-20-16-7-1-2-8-17(16)21(29)27-26-20/h1-4,6-9,13,19,25,28H,5,10-12H2,(H,23,26)(H,24,30)(H,27,29). The minimum Gasteiger partial charge on any atom is -0.383 e. The zero-order valence-electron chi connectivity index (χ0n) is 16.3. The van der Waals surface area contributed by atoms with Gasteiger partial charge >= 0.3 is 0 Å². The van der Waals surface area contributed by atoms with Crippen molar-refractivity contribution in [3.63, 3.8) is 0 Å². The molecule has 5 N–H and O–H groups in total. The molecule has 1 amide bonds. The van der Waals surface area contributed by atoms with E-state index in [9.17, 15) is 14.7 Å². The Balaban J connectivity index is 1.25. The highest BCUT2D eigenvalue weighted by Gasteiger charge is 2.17. The lowest BCUT2D eigenvalue weighted by molar-refractivity contribution is -0.129. The van der Waals surface area contributed by atoms with Gasteiger partial charge in [-0.05, 0) is 24.1 Å². The summed E-state index contributed by atoms with van der Waals surface area (Å²) in [6, 6.07) is 15.0. The van der Waals surface area contributed by atoms with Crippen LogP contribution in [0.2, 0.25) is 0 Å². The first-order valence-corrected chi connectivity index (χ1v) is 9.85. The van der Waals surface area contributed by atoms with E-state index in [1.165, 1.54) is 0 Å². The van der Waals surface area contributed by atoms with Crippen LogP contribution in [0.1, 0.15) is 12.0 Å². The van der Waals surface area contributed by atoms with Crippen LogP contribution < -0.4 is 16.2 Å². The number of carbonyl (C=O) groups excluding carboxylic acids is 1. The Morgan fingerprint density at radius 3 is 2.60 bits per heavy atom. The van der Waals surface area contributed by atoms with Gasteiger partial charge in [-0.15, -0.1) is 0 Å². The van der Waals surface area contributed by atoms with Gasteiger partial charge in [0.25, 0.3) is 5.56 Å². The molecule has 4 aromatic rings. The molecule has 0 aliphatic rings. The number of amides is 1. The second-order valence-electron chi connectivity index (χ2n) is 7.10. The SMILES string of the molecule is O=C(NCCCNc1n[nH]c(=O)c2ccccc12)C(O)Cc1c[nH]c2ccccc12. The maximum Gasteiger partial charge on any atom is 0.272 e. The highest BCUT2D eigenvalue weighted by Crippen LogP contribution is 2.19. The molecule has 2 aromatic heterocycles. The summed E-state index contributed by atoms with van der Waals surface area (Å²) in [6.07, 6.45) is 1.61. The van der Waals surface area contributed by atoms with Crippen molar-refractivity contribution in [2.45, 2.75) is 18.9 Å². The molecule has 0 radical (unpaired) electrons. The topological polar surface area (TPSA) is 123 Å². The summed E-state index contributed by atoms with van der Waals surface area (Å²) >= 11 is 0. The van der Waals surface area contributed by atoms with Crippen LogP contribution in [-0.2, 0) is 11.2 Å². The smallest absolute Gasteiger partial charge is 0.272 e. The summed E-state index contributed by atoms with van der Waals surface area (Å²) in [5.74, 6) is 0.198. The van der Waals surface area contributed by atoms with E-state index in [2.05, 4.69) is 25.8 Å². The molecule has 1 atom stereocenters. The van der Waals surface area contributed by atoms with Gasteiger partial charge in [-0.25, -0.2) is 5.10 Å². The molecule has 4 rings (SSSR count). The number of H-pyrrole nitrogens is 2. The Morgan fingerprint density at radius 2 is 1.77 bits per heavy atom. The number of aliphatic hydroxyl groups is 1. The number of aliphatic hydroxyl groups excluding tert-OH is 1. The molecule has 30 heavy (non-hydrogen) atoms. The fourth-order valence-electron chi connectivity index (χ4n) is 3.48. The summed E-state index contributed by atoms with van der Waals surface area (Å²) in [5, 5.41) is 25.0. The highest BCUT2D eigenvalue weighted by atomic mass is 16.3. The van der Waals surface area contributed by atoms with E-state index in [1.54, 1.807) is 12.1 Å². The summed E-state index contributed by atoms with van der Waals surface area (Å²) in [4.78, 5) is 27.2. The number of hydrogen-bond acceptors (Lipinski definition) is 5. The average Bonchev–Trinajstić information content (AvgIpc) is 3.18. The molecule has 8 heteroatoms. The number of nitrogens with zero attached hydrogens (tertiary/aromatic N) is 1. The van der Waals surface area contributed by atoms with Crippen LogP contribution in [0, 0.1) is 0 Å². The number of fused-ring (bicyclic) bond motifs is 2. The quantitative estimate of drug-likeness (QED) is 0.287. The lowest BCUT2D eigenvalue weighted by atomic mass is 10.1. The normalized spacial score (nSPS) is 12.2. The lowest BCUT2D eigenvalue weighted by Gasteiger charge is -2.12. The second-order valence-corrected chi connectivity index (χ2v) is 7.10. The number of benzene rings is 2. The lowest BCUT2D eigenvalue weighted by Crippen LogP contribution is -2.36. The predicted molar refractivity (Wildman–Crippen MR) is 116 cm³/mol. The number of rotatable bonds is 8. The molecular formula is C22H23N5O3. The van der Waals surface area contributed by atoms with E-state index >= 15 is 0 Å². The van der Waals surface area contributed by atoms with Crippen molar-refractivity contribution in [1.29, 1.82) is 0 Å². The summed E-state index contributed by atoms with van der Waals surface area (Å²) < 4.78 is 0. The molecule has 0 bridgehead atoms. The largest absolute Gasteiger partial charge is 0.383 e. The van der Waals surface area contributed by atoms with Gasteiger partial charge in [0.15, 0.2) is 5.82 Å². The van der Waals surface area contributed by atoms with E-state index in [0.29, 0.717) is 30.7 Å². The van der Waals surface area contributed by atoms with Crippen molar-refractivity contribution in [3.05, 3.63) is 70.6 Å². The summed E-state index contributed by atoms with van der Waals surface area (Å²) in [7, 11) is 0. The molecule has 0 saturated heterocycles. The molecule has 0 aliphatic heterocycles. The number of carbonyl (C=O) groups is 1. The molecule has 2 aromatic carbocycles. The third-order valence-electron chi connectivity index (χ3n) is 5.03. The van der Waals surface area contributed by atoms with Crippen LogP contribution in [0.4, 0.5) is 5.82 Å². The Morgan fingerprint density at radius 1 is 1.03 bits per heavy atom. The number of anilines is 1. The van der Waals surface area contributed by atoms with E-state index in [4.69, 9.17) is 0 Å². The molecule has 2 heterocycles. The number of para-hydroxylation sites is 1. The monoisotopic (exact) mass is 405 g/mol. The minimum absolute atomic E-state index is 0.229. The van der Waals surface area contributed by atoms with Gasteiger partial charge in [-0.2, -0.15) is 5.10 Å². The Labute approximate surface area is 172 Å². The zero-order chi connectivity index (χ0) is 20.9. The fourth-order valence-corrected chi connectivity index (χ4v) is 3.48. The molecule has 0 saturated carbocycles. The molecule has 0 spiro atoms. The van der Waals surface area contributed by atoms with Crippen LogP contribution in [0.3, 0.4) is 0 Å². The van der Waals surface area contributed by atoms with Crippen molar-refractivity contribution in [2.24, 2.45) is 0 Å². The zero-order valence-corrected chi connectivity index (χ0v) is 16.3. The van der Waals surface area contributed by atoms with Crippen molar-refractivity contribution >= 4 is 33.4 Å². The van der Waals surface area contributed by atoms with Gasteiger partial charge in [-0.1, -0.05) is 36.4 Å². The van der Waals surface area contributed by atoms with Gasteiger partial charge in [0.2, 0.25) is 5.91 Å². The maximum absolute atomic E-state index is 12.2. The molecular weight excluding hydrogens is 382 g/mol. The van der Waals surface area contributed by atoms with Crippen LogP contribution in [0.25, 0.3) is 21.7 Å². The van der Waals surface area contributed by atoms with Gasteiger partial charge < -0.3 is 20.7 Å². The van der Waals surface area contributed by atoms with Crippen molar-refractivity contribution in [3.8, 4) is 0 Å². The van der Waals surface area contributed by atoms with Crippen LogP contribution >= 0.6 is 0 Å². The number of aromatic nitrogens is 3. The third-order valence-corrected chi connectivity index (χ3v) is 5.03. The van der Waals surface area contributed by atoms with E-state index < -0.39 is 12.0 Å². The molecule has 1 unspecified atom stereocenters. The highest BCUT2D eigenvalue weighted by molar-refractivity contribution is 5.90. The van der Waals surface area contributed by atoms with Crippen molar-refractivity contribution < 1.29 is 9.90 Å². The Kier molecular flexibility index (Phi) is 5.76. The Bertz CT molecular complexity index is 1230. The van der Waals surface area contributed by atoms with E-state index in [0.717, 1.165) is 21.9 Å². The molecule has 0 fully saturated rings. The van der Waals surface area contributed by atoms with Gasteiger partial charge in [0, 0.05) is 42.0 Å². The van der Waals surface area contributed by atoms with Crippen molar-refractivity contribution in [2.75, 3.05) is 18.4 Å². The van der Waals surface area contributed by atoms with Gasteiger partial charge in [0.05, 0.1) is 5.39 Å². The minimum atomic E-state index is -1.11. The first kappa shape index (κ1) is 19.7. The average molecular weight is 405 g/mol. The second kappa shape index (κ2) is 8.79. The first-order valence-electron chi connectivity index (χ1n) is 9.85. The van der Waals surface area contributed by atoms with Crippen LogP contribution in [0.15, 0.2) is 59.5 Å². The first-order chi connectivity index (χ1) is 14.6. The van der Waals surface area contributed by atoms with Crippen molar-refractivity contribution in [1.82, 2.24) is 20.5 Å². The Hall–Kier alpha value is -3.65. The molecule has 154 valence electrons. The van der Waals surface area contributed by atoms with Gasteiger partial charge in [-0.3, -0.25) is 9.59 Å². The van der Waals surface area contributed by atoms with E-state index in [1.807, 2.05) is 42.6 Å². The number of aromatic amines is 2. The molecule has 8 nitrogen and oxygen atoms in total. The predicted octanol–water partition coefficient (Wildman–Crippen LogP) is 1.93. The van der Waals surface area contributed by atoms with Crippen LogP contribution in [0.5, 0.6) is 0 Å². The fraction of sp³-hybridized carbons (Fsp3) is 0.227. The number of hydrogen-bond donors (Lipinski definition) is 5. The maximum atomic E-state index is 12.2. The number of nitrogens with one attached hydrogen (secondary N) is 4. The van der Waals surface area contributed by atoms with Gasteiger partial charge in [0.1, 0.15) is 6.10 Å². The van der Waals surface area contributed by atoms with E-state index in [-0.39, 0.29) is 12.0 Å². The summed E-state index contributed by atoms with van der Waals surface area (Å²) in [5.41, 5.74) is 1.66.